The van der Waals surface area contributed by atoms with E-state index in [0.29, 0.717) is 18.0 Å². The van der Waals surface area contributed by atoms with Crippen LogP contribution in [0.15, 0.2) is 42.5 Å². The van der Waals surface area contributed by atoms with Crippen molar-refractivity contribution in [3.63, 3.8) is 0 Å². The van der Waals surface area contributed by atoms with E-state index in [1.165, 1.54) is 0 Å². The van der Waals surface area contributed by atoms with E-state index in [1.54, 1.807) is 21.3 Å². The first-order valence-electron chi connectivity index (χ1n) is 10.6. The van der Waals surface area contributed by atoms with Crippen LogP contribution in [-0.2, 0) is 0 Å². The zero-order valence-corrected chi connectivity index (χ0v) is 18.5. The Labute approximate surface area is 183 Å². The maximum Gasteiger partial charge on any atom is 0.162 e. The average molecular weight is 425 g/mol. The monoisotopic (exact) mass is 424 g/mol. The number of hydrogen-bond acceptors (Lipinski definition) is 7. The lowest BCUT2D eigenvalue weighted by molar-refractivity contribution is 0.356. The number of nitrogens with one attached hydrogen (secondary N) is 2. The quantitative estimate of drug-likeness (QED) is 0.382. The van der Waals surface area contributed by atoms with E-state index >= 15 is 0 Å². The van der Waals surface area contributed by atoms with Crippen molar-refractivity contribution in [2.24, 2.45) is 5.73 Å². The van der Waals surface area contributed by atoms with Crippen LogP contribution in [0.3, 0.4) is 0 Å². The number of methoxy groups -OCH3 is 3. The Morgan fingerprint density at radius 1 is 0.839 bits per heavy atom. The normalized spacial score (nSPS) is 10.8. The molecule has 0 radical (unpaired) electrons. The molecule has 0 saturated carbocycles. The Bertz CT molecular complexity index is 977. The van der Waals surface area contributed by atoms with Gasteiger partial charge in [-0.3, -0.25) is 0 Å². The molecule has 0 atom stereocenters. The Hall–Kier alpha value is -3.03. The van der Waals surface area contributed by atoms with Crippen LogP contribution in [0.4, 0.5) is 5.69 Å². The maximum atomic E-state index is 5.54. The molecule has 0 bridgehead atoms. The lowest BCUT2D eigenvalue weighted by Gasteiger charge is -2.15. The highest BCUT2D eigenvalue weighted by molar-refractivity contribution is 5.96. The highest BCUT2D eigenvalue weighted by Gasteiger charge is 2.13. The van der Waals surface area contributed by atoms with Gasteiger partial charge in [0, 0.05) is 29.2 Å². The number of pyridine rings is 1. The maximum absolute atomic E-state index is 5.54. The van der Waals surface area contributed by atoms with Gasteiger partial charge in [0.15, 0.2) is 11.5 Å². The summed E-state index contributed by atoms with van der Waals surface area (Å²) in [6.45, 7) is 3.45. The summed E-state index contributed by atoms with van der Waals surface area (Å²) < 4.78 is 16.3. The molecule has 31 heavy (non-hydrogen) atoms. The summed E-state index contributed by atoms with van der Waals surface area (Å²) in [6, 6.07) is 13.9. The van der Waals surface area contributed by atoms with Crippen LogP contribution in [0, 0.1) is 0 Å². The molecule has 1 aromatic heterocycles. The molecule has 0 fully saturated rings. The zero-order valence-electron chi connectivity index (χ0n) is 18.5. The van der Waals surface area contributed by atoms with Gasteiger partial charge in [-0.1, -0.05) is 0 Å². The van der Waals surface area contributed by atoms with Gasteiger partial charge < -0.3 is 30.6 Å². The van der Waals surface area contributed by atoms with E-state index in [0.717, 1.165) is 66.1 Å². The molecule has 3 aromatic rings. The first kappa shape index (κ1) is 22.7. The van der Waals surface area contributed by atoms with Gasteiger partial charge in [0.05, 0.1) is 32.5 Å². The molecule has 1 heterocycles. The number of nitrogens with two attached hydrogens (primary N) is 1. The van der Waals surface area contributed by atoms with Gasteiger partial charge in [0.25, 0.3) is 0 Å². The SMILES string of the molecule is COc1ccc(-c2cc(NCCCNCCCN)c3cc(OC)c(OC)cc3n2)cc1. The van der Waals surface area contributed by atoms with Crippen molar-refractivity contribution < 1.29 is 14.2 Å². The summed E-state index contributed by atoms with van der Waals surface area (Å²) in [5, 5.41) is 7.98. The number of aromatic nitrogens is 1. The standard InChI is InChI=1S/C24H32N4O3/c1-29-18-8-6-17(7-9-18)20-15-21(27-13-5-12-26-11-4-10-25)19-14-23(30-2)24(31-3)16-22(19)28-20/h6-9,14-16,26H,4-5,10-13,25H2,1-3H3,(H,27,28). The zero-order chi connectivity index (χ0) is 22.1. The van der Waals surface area contributed by atoms with Crippen molar-refractivity contribution in [1.29, 1.82) is 0 Å². The Morgan fingerprint density at radius 3 is 2.23 bits per heavy atom. The fourth-order valence-corrected chi connectivity index (χ4v) is 3.40. The van der Waals surface area contributed by atoms with Crippen LogP contribution in [-0.4, -0.2) is 52.5 Å². The molecule has 7 nitrogen and oxygen atoms in total. The minimum absolute atomic E-state index is 0.657. The minimum Gasteiger partial charge on any atom is -0.497 e. The number of rotatable bonds is 12. The van der Waals surface area contributed by atoms with Gasteiger partial charge in [0.1, 0.15) is 5.75 Å². The fourth-order valence-electron chi connectivity index (χ4n) is 3.40. The van der Waals surface area contributed by atoms with Crippen LogP contribution in [0.25, 0.3) is 22.2 Å². The lowest BCUT2D eigenvalue weighted by atomic mass is 10.1. The van der Waals surface area contributed by atoms with Crippen LogP contribution >= 0.6 is 0 Å². The third-order valence-electron chi connectivity index (χ3n) is 5.10. The molecule has 0 saturated heterocycles. The molecule has 0 aliphatic carbocycles. The molecule has 0 aliphatic heterocycles. The topological polar surface area (TPSA) is 90.7 Å². The van der Waals surface area contributed by atoms with Gasteiger partial charge in [0.2, 0.25) is 0 Å². The first-order valence-corrected chi connectivity index (χ1v) is 10.6. The summed E-state index contributed by atoms with van der Waals surface area (Å²) in [5.41, 5.74) is 9.29. The molecule has 0 amide bonds. The summed E-state index contributed by atoms with van der Waals surface area (Å²) >= 11 is 0. The van der Waals surface area contributed by atoms with E-state index in [1.807, 2.05) is 36.4 Å². The molecule has 166 valence electrons. The molecule has 0 spiro atoms. The van der Waals surface area contributed by atoms with E-state index < -0.39 is 0 Å². The molecule has 7 heteroatoms. The van der Waals surface area contributed by atoms with Crippen LogP contribution in [0.2, 0.25) is 0 Å². The van der Waals surface area contributed by atoms with Crippen molar-refractivity contribution in [1.82, 2.24) is 10.3 Å². The molecule has 2 aromatic carbocycles. The lowest BCUT2D eigenvalue weighted by Crippen LogP contribution is -2.21. The van der Waals surface area contributed by atoms with Crippen molar-refractivity contribution in [3.05, 3.63) is 42.5 Å². The third kappa shape index (κ3) is 5.77. The predicted octanol–water partition coefficient (Wildman–Crippen LogP) is 3.67. The number of ether oxygens (including phenoxy) is 3. The number of benzene rings is 2. The minimum atomic E-state index is 0.657. The Morgan fingerprint density at radius 2 is 1.55 bits per heavy atom. The summed E-state index contributed by atoms with van der Waals surface area (Å²) in [5.74, 6) is 2.15. The van der Waals surface area contributed by atoms with Gasteiger partial charge in [-0.05, 0) is 68.9 Å². The van der Waals surface area contributed by atoms with Gasteiger partial charge in [-0.15, -0.1) is 0 Å². The molecule has 4 N–H and O–H groups in total. The van der Waals surface area contributed by atoms with E-state index in [-0.39, 0.29) is 0 Å². The Kier molecular flexibility index (Phi) is 8.32. The van der Waals surface area contributed by atoms with Crippen molar-refractivity contribution >= 4 is 16.6 Å². The molecule has 0 unspecified atom stereocenters. The average Bonchev–Trinajstić information content (AvgIpc) is 2.82. The molecule has 3 rings (SSSR count). The third-order valence-corrected chi connectivity index (χ3v) is 5.10. The fraction of sp³-hybridized carbons (Fsp3) is 0.375. The summed E-state index contributed by atoms with van der Waals surface area (Å²) in [4.78, 5) is 4.88. The highest BCUT2D eigenvalue weighted by Crippen LogP contribution is 2.36. The first-order chi connectivity index (χ1) is 15.2. The summed E-state index contributed by atoms with van der Waals surface area (Å²) in [7, 11) is 4.94. The predicted molar refractivity (Wildman–Crippen MR) is 126 cm³/mol. The second-order valence-electron chi connectivity index (χ2n) is 7.18. The molecular weight excluding hydrogens is 392 g/mol. The van der Waals surface area contributed by atoms with Crippen LogP contribution in [0.1, 0.15) is 12.8 Å². The number of hydrogen-bond donors (Lipinski definition) is 3. The second-order valence-corrected chi connectivity index (χ2v) is 7.18. The van der Waals surface area contributed by atoms with Crippen LogP contribution < -0.4 is 30.6 Å². The van der Waals surface area contributed by atoms with E-state index in [9.17, 15) is 0 Å². The molecule has 0 aliphatic rings. The van der Waals surface area contributed by atoms with Crippen LogP contribution in [0.5, 0.6) is 17.2 Å². The number of fused-ring (bicyclic) bond motifs is 1. The smallest absolute Gasteiger partial charge is 0.162 e. The largest absolute Gasteiger partial charge is 0.497 e. The second kappa shape index (κ2) is 11.4. The van der Waals surface area contributed by atoms with Gasteiger partial charge >= 0.3 is 0 Å². The highest BCUT2D eigenvalue weighted by atomic mass is 16.5. The molecular formula is C24H32N4O3. The van der Waals surface area contributed by atoms with E-state index in [2.05, 4.69) is 16.7 Å². The summed E-state index contributed by atoms with van der Waals surface area (Å²) in [6.07, 6.45) is 1.99. The van der Waals surface area contributed by atoms with Crippen molar-refractivity contribution in [2.75, 3.05) is 52.8 Å². The van der Waals surface area contributed by atoms with E-state index in [4.69, 9.17) is 24.9 Å². The van der Waals surface area contributed by atoms with Gasteiger partial charge in [-0.25, -0.2) is 4.98 Å². The number of anilines is 1. The van der Waals surface area contributed by atoms with Gasteiger partial charge in [-0.2, -0.15) is 0 Å². The van der Waals surface area contributed by atoms with Crippen molar-refractivity contribution in [2.45, 2.75) is 12.8 Å². The van der Waals surface area contributed by atoms with Crippen molar-refractivity contribution in [3.8, 4) is 28.5 Å². The number of nitrogens with zero attached hydrogens (tertiary/aromatic N) is 1. The Balaban J connectivity index is 1.90.